The maximum Gasteiger partial charge on any atom is 0.410 e. The lowest BCUT2D eigenvalue weighted by Crippen LogP contribution is -2.39. The van der Waals surface area contributed by atoms with Crippen LogP contribution in [0.2, 0.25) is 0 Å². The number of hydrogen-bond donors (Lipinski definition) is 2. The van der Waals surface area contributed by atoms with E-state index in [0.717, 1.165) is 11.1 Å². The minimum atomic E-state index is -0.662. The molecule has 5 nitrogen and oxygen atoms in total. The average molecular weight is 279 g/mol. The van der Waals surface area contributed by atoms with Crippen LogP contribution in [0.25, 0.3) is 0 Å². The van der Waals surface area contributed by atoms with E-state index in [2.05, 4.69) is 0 Å². The van der Waals surface area contributed by atoms with E-state index in [-0.39, 0.29) is 12.3 Å². The highest BCUT2D eigenvalue weighted by Gasteiger charge is 2.27. The van der Waals surface area contributed by atoms with Crippen molar-refractivity contribution in [3.63, 3.8) is 0 Å². The van der Waals surface area contributed by atoms with E-state index in [9.17, 15) is 15.0 Å². The third-order valence-electron chi connectivity index (χ3n) is 3.09. The fraction of sp³-hybridized carbons (Fsp3) is 0.533. The van der Waals surface area contributed by atoms with Gasteiger partial charge in [-0.05, 0) is 44.0 Å². The van der Waals surface area contributed by atoms with E-state index in [1.165, 1.54) is 4.90 Å². The molecule has 1 aliphatic heterocycles. The number of phenols is 1. The second-order valence-electron chi connectivity index (χ2n) is 6.17. The van der Waals surface area contributed by atoms with Crippen molar-refractivity contribution in [1.82, 2.24) is 4.90 Å². The van der Waals surface area contributed by atoms with Gasteiger partial charge < -0.3 is 19.8 Å². The Balaban J connectivity index is 2.21. The number of aliphatic hydroxyl groups is 1. The molecule has 0 aliphatic carbocycles. The van der Waals surface area contributed by atoms with Crippen LogP contribution in [0, 0.1) is 0 Å². The summed E-state index contributed by atoms with van der Waals surface area (Å²) in [5.41, 5.74) is 1.22. The molecule has 0 spiro atoms. The van der Waals surface area contributed by atoms with E-state index in [0.29, 0.717) is 13.0 Å². The number of aromatic hydroxyl groups is 1. The molecular formula is C15H21NO4. The Morgan fingerprint density at radius 3 is 2.70 bits per heavy atom. The van der Waals surface area contributed by atoms with Gasteiger partial charge in [-0.15, -0.1) is 0 Å². The zero-order valence-corrected chi connectivity index (χ0v) is 12.1. The Hall–Kier alpha value is -1.75. The maximum absolute atomic E-state index is 12.1. The average Bonchev–Trinajstić information content (AvgIpc) is 2.44. The van der Waals surface area contributed by atoms with Crippen LogP contribution in [0.5, 0.6) is 5.75 Å². The molecule has 0 fully saturated rings. The van der Waals surface area contributed by atoms with Crippen LogP contribution in [0.4, 0.5) is 4.79 Å². The van der Waals surface area contributed by atoms with Gasteiger partial charge in [-0.25, -0.2) is 4.79 Å². The molecule has 20 heavy (non-hydrogen) atoms. The highest BCUT2D eigenvalue weighted by molar-refractivity contribution is 5.68. The molecule has 2 N–H and O–H groups in total. The first-order valence-electron chi connectivity index (χ1n) is 6.71. The third-order valence-corrected chi connectivity index (χ3v) is 3.09. The van der Waals surface area contributed by atoms with Crippen molar-refractivity contribution in [2.24, 2.45) is 0 Å². The largest absolute Gasteiger partial charge is 0.508 e. The molecule has 1 heterocycles. The van der Waals surface area contributed by atoms with Crippen molar-refractivity contribution in [3.05, 3.63) is 29.3 Å². The van der Waals surface area contributed by atoms with E-state index in [4.69, 9.17) is 4.74 Å². The van der Waals surface area contributed by atoms with Crippen LogP contribution < -0.4 is 0 Å². The van der Waals surface area contributed by atoms with Crippen LogP contribution in [-0.4, -0.2) is 39.5 Å². The molecular weight excluding hydrogens is 258 g/mol. The molecule has 1 amide bonds. The highest BCUT2D eigenvalue weighted by Crippen LogP contribution is 2.24. The number of aliphatic hydroxyl groups excluding tert-OH is 1. The summed E-state index contributed by atoms with van der Waals surface area (Å²) in [6.07, 6.45) is -0.675. The number of nitrogens with zero attached hydrogens (tertiary/aromatic N) is 1. The molecule has 0 aromatic heterocycles. The molecule has 1 atom stereocenters. The number of fused-ring (bicyclic) bond motifs is 1. The summed E-state index contributed by atoms with van der Waals surface area (Å²) in [5.74, 6) is 0.168. The molecule has 1 aromatic rings. The topological polar surface area (TPSA) is 70.0 Å². The zero-order chi connectivity index (χ0) is 14.9. The molecule has 1 unspecified atom stereocenters. The van der Waals surface area contributed by atoms with Gasteiger partial charge in [0.05, 0.1) is 12.6 Å². The number of carbonyl (C=O) groups excluding carboxylic acids is 1. The lowest BCUT2D eigenvalue weighted by atomic mass is 10.0. The van der Waals surface area contributed by atoms with Crippen LogP contribution in [0.3, 0.4) is 0 Å². The second-order valence-corrected chi connectivity index (χ2v) is 6.17. The minimum Gasteiger partial charge on any atom is -0.508 e. The van der Waals surface area contributed by atoms with Gasteiger partial charge in [0.2, 0.25) is 0 Å². The number of phenolic OH excluding ortho intramolecular Hbond substituents is 1. The maximum atomic E-state index is 12.1. The van der Waals surface area contributed by atoms with Crippen molar-refractivity contribution in [2.45, 2.75) is 45.4 Å². The molecule has 5 heteroatoms. The van der Waals surface area contributed by atoms with Crippen LogP contribution in [0.1, 0.15) is 31.9 Å². The summed E-state index contributed by atoms with van der Waals surface area (Å²) < 4.78 is 5.35. The predicted octanol–water partition coefficient (Wildman–Crippen LogP) is 2.05. The van der Waals surface area contributed by atoms with Crippen LogP contribution in [0.15, 0.2) is 18.2 Å². The van der Waals surface area contributed by atoms with Gasteiger partial charge in [0.15, 0.2) is 0 Å². The number of β-amino-alcohol motifs (C(OH)–C–C–N with tert-alkyl or cyclic N) is 1. The van der Waals surface area contributed by atoms with E-state index in [1.807, 2.05) is 20.8 Å². The number of hydrogen-bond acceptors (Lipinski definition) is 4. The van der Waals surface area contributed by atoms with E-state index < -0.39 is 17.8 Å². The number of ether oxygens (including phenoxy) is 1. The monoisotopic (exact) mass is 279 g/mol. The SMILES string of the molecule is CC(C)(C)OC(=O)N1Cc2ccc(O)cc2CC(O)C1. The Labute approximate surface area is 118 Å². The van der Waals surface area contributed by atoms with Crippen molar-refractivity contribution in [2.75, 3.05) is 6.54 Å². The first-order valence-corrected chi connectivity index (χ1v) is 6.71. The Kier molecular flexibility index (Phi) is 3.90. The normalized spacial score (nSPS) is 19.2. The standard InChI is InChI=1S/C15H21NO4/c1-15(2,3)20-14(19)16-8-10-4-5-12(17)6-11(10)7-13(18)9-16/h4-6,13,17-18H,7-9H2,1-3H3. The van der Waals surface area contributed by atoms with Crippen LogP contribution in [-0.2, 0) is 17.7 Å². The second kappa shape index (κ2) is 5.32. The molecule has 0 saturated heterocycles. The number of benzene rings is 1. The molecule has 0 radical (unpaired) electrons. The molecule has 110 valence electrons. The van der Waals surface area contributed by atoms with Gasteiger partial charge in [0.25, 0.3) is 0 Å². The van der Waals surface area contributed by atoms with Crippen molar-refractivity contribution in [3.8, 4) is 5.75 Å². The quantitative estimate of drug-likeness (QED) is 0.762. The summed E-state index contributed by atoms with van der Waals surface area (Å²) in [7, 11) is 0. The van der Waals surface area contributed by atoms with Gasteiger partial charge >= 0.3 is 6.09 Å². The summed E-state index contributed by atoms with van der Waals surface area (Å²) in [6.45, 7) is 6.04. The predicted molar refractivity (Wildman–Crippen MR) is 74.5 cm³/mol. The summed E-state index contributed by atoms with van der Waals surface area (Å²) >= 11 is 0. The molecule has 0 bridgehead atoms. The van der Waals surface area contributed by atoms with Gasteiger partial charge in [-0.3, -0.25) is 0 Å². The molecule has 1 aliphatic rings. The number of carbonyl (C=O) groups is 1. The van der Waals surface area contributed by atoms with Gasteiger partial charge in [-0.2, -0.15) is 0 Å². The minimum absolute atomic E-state index is 0.168. The summed E-state index contributed by atoms with van der Waals surface area (Å²) in [4.78, 5) is 13.6. The highest BCUT2D eigenvalue weighted by atomic mass is 16.6. The number of rotatable bonds is 0. The number of amides is 1. The summed E-state index contributed by atoms with van der Waals surface area (Å²) in [6, 6.07) is 5.00. The van der Waals surface area contributed by atoms with Gasteiger partial charge in [0.1, 0.15) is 11.4 Å². The van der Waals surface area contributed by atoms with Crippen LogP contribution >= 0.6 is 0 Å². The van der Waals surface area contributed by atoms with E-state index in [1.54, 1.807) is 18.2 Å². The Morgan fingerprint density at radius 2 is 2.05 bits per heavy atom. The summed E-state index contributed by atoms with van der Waals surface area (Å²) in [5, 5.41) is 19.5. The van der Waals surface area contributed by atoms with Crippen molar-refractivity contribution < 1.29 is 19.7 Å². The first kappa shape index (κ1) is 14.7. The van der Waals surface area contributed by atoms with Gasteiger partial charge in [-0.1, -0.05) is 6.07 Å². The molecule has 2 rings (SSSR count). The Bertz CT molecular complexity index is 507. The molecule has 1 aromatic carbocycles. The lowest BCUT2D eigenvalue weighted by molar-refractivity contribution is 0.0143. The Morgan fingerprint density at radius 1 is 1.35 bits per heavy atom. The fourth-order valence-electron chi connectivity index (χ4n) is 2.27. The van der Waals surface area contributed by atoms with Crippen molar-refractivity contribution in [1.29, 1.82) is 0 Å². The van der Waals surface area contributed by atoms with E-state index >= 15 is 0 Å². The molecule has 0 saturated carbocycles. The zero-order valence-electron chi connectivity index (χ0n) is 12.1. The lowest BCUT2D eigenvalue weighted by Gasteiger charge is -2.27. The van der Waals surface area contributed by atoms with Crippen molar-refractivity contribution >= 4 is 6.09 Å². The smallest absolute Gasteiger partial charge is 0.410 e. The van der Waals surface area contributed by atoms with Gasteiger partial charge in [0, 0.05) is 13.0 Å². The first-order chi connectivity index (χ1) is 9.24. The third kappa shape index (κ3) is 3.63. The fourth-order valence-corrected chi connectivity index (χ4v) is 2.27.